The van der Waals surface area contributed by atoms with E-state index in [-0.39, 0.29) is 17.6 Å². The van der Waals surface area contributed by atoms with Gasteiger partial charge in [0.1, 0.15) is 0 Å². The van der Waals surface area contributed by atoms with Crippen molar-refractivity contribution in [2.45, 2.75) is 39.5 Å². The highest BCUT2D eigenvalue weighted by Crippen LogP contribution is 2.24. The predicted molar refractivity (Wildman–Crippen MR) is 78.7 cm³/mol. The lowest BCUT2D eigenvalue weighted by atomic mass is 9.94. The van der Waals surface area contributed by atoms with Gasteiger partial charge < -0.3 is 4.90 Å². The van der Waals surface area contributed by atoms with Crippen LogP contribution in [-0.4, -0.2) is 55.5 Å². The molecule has 0 unspecified atom stereocenters. The van der Waals surface area contributed by atoms with E-state index in [1.54, 1.807) is 6.92 Å². The molecule has 1 amide bonds. The van der Waals surface area contributed by atoms with Gasteiger partial charge in [-0.2, -0.15) is 0 Å². The summed E-state index contributed by atoms with van der Waals surface area (Å²) in [6.45, 7) is 6.48. The summed E-state index contributed by atoms with van der Waals surface area (Å²) in [6, 6.07) is 0. The Kier molecular flexibility index (Phi) is 5.07. The number of hydrogen-bond donors (Lipinski definition) is 0. The first-order valence-electron chi connectivity index (χ1n) is 7.70. The van der Waals surface area contributed by atoms with Crippen LogP contribution in [0.1, 0.15) is 39.5 Å². The summed E-state index contributed by atoms with van der Waals surface area (Å²) in [5.74, 6) is 0.837. The van der Waals surface area contributed by atoms with Crippen molar-refractivity contribution in [3.63, 3.8) is 0 Å². The van der Waals surface area contributed by atoms with E-state index in [1.807, 2.05) is 4.90 Å². The van der Waals surface area contributed by atoms with Crippen LogP contribution in [0.5, 0.6) is 0 Å². The minimum atomic E-state index is -3.16. The van der Waals surface area contributed by atoms with Gasteiger partial charge in [0.05, 0.1) is 11.7 Å². The summed E-state index contributed by atoms with van der Waals surface area (Å²) in [7, 11) is -3.16. The third kappa shape index (κ3) is 3.52. The molecule has 2 aliphatic rings. The molecule has 0 aromatic rings. The van der Waals surface area contributed by atoms with Gasteiger partial charge in [0.15, 0.2) is 0 Å². The Morgan fingerprint density at radius 2 is 1.80 bits per heavy atom. The number of rotatable bonds is 3. The van der Waals surface area contributed by atoms with Gasteiger partial charge in [-0.15, -0.1) is 0 Å². The van der Waals surface area contributed by atoms with Crippen molar-refractivity contribution in [3.05, 3.63) is 0 Å². The van der Waals surface area contributed by atoms with Crippen LogP contribution in [0.3, 0.4) is 0 Å². The molecule has 2 aliphatic heterocycles. The van der Waals surface area contributed by atoms with Crippen LogP contribution in [-0.2, 0) is 14.8 Å². The second-order valence-corrected chi connectivity index (χ2v) is 8.36. The Labute approximate surface area is 122 Å². The maximum Gasteiger partial charge on any atom is 0.227 e. The van der Waals surface area contributed by atoms with Crippen LogP contribution in [0.4, 0.5) is 0 Å². The molecule has 0 radical (unpaired) electrons. The zero-order valence-electron chi connectivity index (χ0n) is 12.5. The average molecular weight is 302 g/mol. The zero-order chi connectivity index (χ0) is 14.8. The van der Waals surface area contributed by atoms with E-state index < -0.39 is 10.0 Å². The molecule has 0 aromatic heterocycles. The SMILES string of the molecule is CCS(=O)(=O)N1CCC[C@@H](C(=O)N2CCC(C)CC2)C1. The third-order valence-corrected chi connectivity index (χ3v) is 6.43. The fourth-order valence-corrected chi connectivity index (χ4v) is 4.25. The highest BCUT2D eigenvalue weighted by atomic mass is 32.2. The lowest BCUT2D eigenvalue weighted by Crippen LogP contribution is -2.48. The lowest BCUT2D eigenvalue weighted by molar-refractivity contribution is -0.138. The summed E-state index contributed by atoms with van der Waals surface area (Å²) < 4.78 is 25.4. The Morgan fingerprint density at radius 3 is 2.40 bits per heavy atom. The van der Waals surface area contributed by atoms with Gasteiger partial charge in [-0.25, -0.2) is 12.7 Å². The number of amides is 1. The van der Waals surface area contributed by atoms with Crippen molar-refractivity contribution < 1.29 is 13.2 Å². The Hall–Kier alpha value is -0.620. The second-order valence-electron chi connectivity index (χ2n) is 6.11. The molecule has 0 spiro atoms. The van der Waals surface area contributed by atoms with Crippen molar-refractivity contribution in [1.29, 1.82) is 0 Å². The fraction of sp³-hybridized carbons (Fsp3) is 0.929. The number of carbonyl (C=O) groups is 1. The highest BCUT2D eigenvalue weighted by molar-refractivity contribution is 7.89. The number of carbonyl (C=O) groups excluding carboxylic acids is 1. The highest BCUT2D eigenvalue weighted by Gasteiger charge is 2.34. The summed E-state index contributed by atoms with van der Waals surface area (Å²) in [5, 5.41) is 0. The molecule has 0 aliphatic carbocycles. The maximum atomic E-state index is 12.5. The van der Waals surface area contributed by atoms with Crippen molar-refractivity contribution >= 4 is 15.9 Å². The molecule has 2 saturated heterocycles. The van der Waals surface area contributed by atoms with E-state index in [0.717, 1.165) is 38.8 Å². The second kappa shape index (κ2) is 6.43. The fourth-order valence-electron chi connectivity index (χ4n) is 3.07. The van der Waals surface area contributed by atoms with Gasteiger partial charge in [0, 0.05) is 26.2 Å². The topological polar surface area (TPSA) is 57.7 Å². The molecular weight excluding hydrogens is 276 g/mol. The first kappa shape index (κ1) is 15.8. The smallest absolute Gasteiger partial charge is 0.227 e. The van der Waals surface area contributed by atoms with Crippen molar-refractivity contribution in [1.82, 2.24) is 9.21 Å². The molecule has 1 atom stereocenters. The summed E-state index contributed by atoms with van der Waals surface area (Å²) in [4.78, 5) is 14.5. The molecule has 6 heteroatoms. The molecule has 2 rings (SSSR count). The molecule has 2 fully saturated rings. The van der Waals surface area contributed by atoms with Crippen LogP contribution in [0.2, 0.25) is 0 Å². The van der Waals surface area contributed by atoms with Crippen molar-refractivity contribution in [3.8, 4) is 0 Å². The first-order valence-corrected chi connectivity index (χ1v) is 9.31. The van der Waals surface area contributed by atoms with Gasteiger partial charge in [-0.3, -0.25) is 4.79 Å². The molecule has 116 valence electrons. The molecule has 0 aromatic carbocycles. The number of hydrogen-bond acceptors (Lipinski definition) is 3. The third-order valence-electron chi connectivity index (χ3n) is 4.59. The minimum absolute atomic E-state index is 0.120. The van der Waals surface area contributed by atoms with E-state index in [1.165, 1.54) is 4.31 Å². The van der Waals surface area contributed by atoms with E-state index in [9.17, 15) is 13.2 Å². The monoisotopic (exact) mass is 302 g/mol. The van der Waals surface area contributed by atoms with Gasteiger partial charge in [0.25, 0.3) is 0 Å². The van der Waals surface area contributed by atoms with Crippen molar-refractivity contribution in [2.75, 3.05) is 31.9 Å². The maximum absolute atomic E-state index is 12.5. The van der Waals surface area contributed by atoms with Crippen LogP contribution < -0.4 is 0 Å². The lowest BCUT2D eigenvalue weighted by Gasteiger charge is -2.36. The normalized spacial score (nSPS) is 26.7. The Morgan fingerprint density at radius 1 is 1.15 bits per heavy atom. The zero-order valence-corrected chi connectivity index (χ0v) is 13.4. The number of nitrogens with zero attached hydrogens (tertiary/aromatic N) is 2. The van der Waals surface area contributed by atoms with Gasteiger partial charge >= 0.3 is 0 Å². The summed E-state index contributed by atoms with van der Waals surface area (Å²) in [6.07, 6.45) is 3.74. The van der Waals surface area contributed by atoms with E-state index in [0.29, 0.717) is 19.0 Å². The number of sulfonamides is 1. The Balaban J connectivity index is 1.97. The first-order chi connectivity index (χ1) is 9.44. The minimum Gasteiger partial charge on any atom is -0.342 e. The molecule has 0 bridgehead atoms. The number of piperidine rings is 2. The van der Waals surface area contributed by atoms with Crippen LogP contribution in [0.25, 0.3) is 0 Å². The van der Waals surface area contributed by atoms with Gasteiger partial charge in [-0.1, -0.05) is 6.92 Å². The quantitative estimate of drug-likeness (QED) is 0.790. The van der Waals surface area contributed by atoms with Gasteiger partial charge in [-0.05, 0) is 38.5 Å². The predicted octanol–water partition coefficient (Wildman–Crippen LogP) is 1.31. The van der Waals surface area contributed by atoms with Crippen LogP contribution in [0, 0.1) is 11.8 Å². The molecule has 0 saturated carbocycles. The molecular formula is C14H26N2O3S. The molecule has 2 heterocycles. The average Bonchev–Trinajstić information content (AvgIpc) is 2.47. The van der Waals surface area contributed by atoms with Crippen LogP contribution in [0.15, 0.2) is 0 Å². The van der Waals surface area contributed by atoms with E-state index in [4.69, 9.17) is 0 Å². The largest absolute Gasteiger partial charge is 0.342 e. The van der Waals surface area contributed by atoms with Crippen LogP contribution >= 0.6 is 0 Å². The van der Waals surface area contributed by atoms with Crippen molar-refractivity contribution in [2.24, 2.45) is 11.8 Å². The van der Waals surface area contributed by atoms with Gasteiger partial charge in [0.2, 0.25) is 15.9 Å². The Bertz CT molecular complexity index is 441. The summed E-state index contributed by atoms with van der Waals surface area (Å²) in [5.41, 5.74) is 0. The van der Waals surface area contributed by atoms with E-state index >= 15 is 0 Å². The molecule has 5 nitrogen and oxygen atoms in total. The van der Waals surface area contributed by atoms with E-state index in [2.05, 4.69) is 6.92 Å². The number of likely N-dealkylation sites (tertiary alicyclic amines) is 1. The summed E-state index contributed by atoms with van der Waals surface area (Å²) >= 11 is 0. The molecule has 20 heavy (non-hydrogen) atoms. The standard InChI is InChI=1S/C14H26N2O3S/c1-3-20(18,19)16-8-4-5-13(11-16)14(17)15-9-6-12(2)7-10-15/h12-13H,3-11H2,1-2H3/t13-/m1/s1. The molecule has 0 N–H and O–H groups in total.